The lowest BCUT2D eigenvalue weighted by atomic mass is 9.91. The van der Waals surface area contributed by atoms with Crippen molar-refractivity contribution in [3.63, 3.8) is 0 Å². The van der Waals surface area contributed by atoms with Gasteiger partial charge in [-0.15, -0.1) is 0 Å². The van der Waals surface area contributed by atoms with Gasteiger partial charge in [0.15, 0.2) is 0 Å². The van der Waals surface area contributed by atoms with E-state index in [0.29, 0.717) is 6.61 Å². The van der Waals surface area contributed by atoms with Crippen LogP contribution in [-0.2, 0) is 4.74 Å². The van der Waals surface area contributed by atoms with Gasteiger partial charge >= 0.3 is 6.09 Å². The predicted molar refractivity (Wildman–Crippen MR) is 74.1 cm³/mol. The van der Waals surface area contributed by atoms with Gasteiger partial charge in [0, 0.05) is 20.2 Å². The van der Waals surface area contributed by atoms with Gasteiger partial charge in [0.05, 0.1) is 6.61 Å². The highest BCUT2D eigenvalue weighted by atomic mass is 28.3. The molecular formula is C13H27NO2Si. The van der Waals surface area contributed by atoms with Crippen molar-refractivity contribution in [1.82, 2.24) is 4.90 Å². The van der Waals surface area contributed by atoms with Gasteiger partial charge < -0.3 is 9.64 Å². The number of hydrogen-bond acceptors (Lipinski definition) is 2. The molecule has 0 bridgehead atoms. The lowest BCUT2D eigenvalue weighted by molar-refractivity contribution is 0.0459. The normalized spacial score (nSPS) is 20.2. The van der Waals surface area contributed by atoms with E-state index in [4.69, 9.17) is 4.74 Å². The van der Waals surface area contributed by atoms with Gasteiger partial charge in [-0.2, -0.15) is 0 Å². The molecule has 0 atom stereocenters. The first-order valence-electron chi connectivity index (χ1n) is 6.67. The highest BCUT2D eigenvalue weighted by Gasteiger charge is 2.34. The average molecular weight is 257 g/mol. The lowest BCUT2D eigenvalue weighted by Crippen LogP contribution is -2.51. The molecule has 0 radical (unpaired) electrons. The van der Waals surface area contributed by atoms with Crippen LogP contribution in [-0.4, -0.2) is 37.8 Å². The first kappa shape index (κ1) is 14.5. The van der Waals surface area contributed by atoms with Crippen molar-refractivity contribution < 1.29 is 9.53 Å². The molecule has 0 spiro atoms. The average Bonchev–Trinajstić information content (AvgIpc) is 2.14. The largest absolute Gasteiger partial charge is 0.450 e. The minimum Gasteiger partial charge on any atom is -0.450 e. The molecule has 1 aliphatic heterocycles. The molecular weight excluding hydrogens is 230 g/mol. The molecule has 0 aromatic rings. The van der Waals surface area contributed by atoms with Crippen LogP contribution in [0, 0.1) is 0 Å². The third kappa shape index (κ3) is 4.70. The summed E-state index contributed by atoms with van der Waals surface area (Å²) in [5.41, 5.74) is -0.0332. The van der Waals surface area contributed by atoms with Crippen LogP contribution in [0.5, 0.6) is 0 Å². The standard InChI is InChI=1S/C13H27NO2Si/c1-13(2)8-6-7-9-14(13)12(15)16-10-11-17(3,4)5/h6-11H2,1-5H3. The van der Waals surface area contributed by atoms with Crippen molar-refractivity contribution in [2.45, 2.75) is 64.3 Å². The molecule has 0 aromatic carbocycles. The lowest BCUT2D eigenvalue weighted by Gasteiger charge is -2.41. The minimum absolute atomic E-state index is 0.0332. The Morgan fingerprint density at radius 2 is 1.94 bits per heavy atom. The summed E-state index contributed by atoms with van der Waals surface area (Å²) in [6, 6.07) is 1.05. The summed E-state index contributed by atoms with van der Waals surface area (Å²) in [4.78, 5) is 13.9. The first-order chi connectivity index (χ1) is 7.72. The van der Waals surface area contributed by atoms with Gasteiger partial charge in [0.1, 0.15) is 0 Å². The third-order valence-electron chi connectivity index (χ3n) is 3.45. The number of amides is 1. The summed E-state index contributed by atoms with van der Waals surface area (Å²) in [5.74, 6) is 0. The van der Waals surface area contributed by atoms with E-state index in [1.807, 2.05) is 4.90 Å². The molecule has 1 rings (SSSR count). The van der Waals surface area contributed by atoms with Gasteiger partial charge in [0.25, 0.3) is 0 Å². The van der Waals surface area contributed by atoms with Gasteiger partial charge in [-0.1, -0.05) is 19.6 Å². The molecule has 1 saturated heterocycles. The van der Waals surface area contributed by atoms with Gasteiger partial charge in [-0.25, -0.2) is 4.79 Å². The highest BCUT2D eigenvalue weighted by molar-refractivity contribution is 6.76. The van der Waals surface area contributed by atoms with Crippen LogP contribution in [0.3, 0.4) is 0 Å². The van der Waals surface area contributed by atoms with Crippen molar-refractivity contribution in [3.05, 3.63) is 0 Å². The van der Waals surface area contributed by atoms with Crippen molar-refractivity contribution in [3.8, 4) is 0 Å². The molecule has 1 amide bonds. The molecule has 100 valence electrons. The maximum Gasteiger partial charge on any atom is 0.410 e. The topological polar surface area (TPSA) is 29.5 Å². The van der Waals surface area contributed by atoms with E-state index in [9.17, 15) is 4.79 Å². The number of carbonyl (C=O) groups is 1. The molecule has 3 nitrogen and oxygen atoms in total. The number of ether oxygens (including phenoxy) is 1. The van der Waals surface area contributed by atoms with Crippen LogP contribution in [0.2, 0.25) is 25.7 Å². The van der Waals surface area contributed by atoms with Crippen LogP contribution in [0.15, 0.2) is 0 Å². The van der Waals surface area contributed by atoms with Crippen LogP contribution in [0.1, 0.15) is 33.1 Å². The van der Waals surface area contributed by atoms with Gasteiger partial charge in [-0.3, -0.25) is 0 Å². The Morgan fingerprint density at radius 3 is 2.47 bits per heavy atom. The van der Waals surface area contributed by atoms with E-state index < -0.39 is 8.07 Å². The van der Waals surface area contributed by atoms with Crippen LogP contribution in [0.4, 0.5) is 4.79 Å². The highest BCUT2D eigenvalue weighted by Crippen LogP contribution is 2.27. The fourth-order valence-corrected chi connectivity index (χ4v) is 2.84. The molecule has 0 unspecified atom stereocenters. The molecule has 0 N–H and O–H groups in total. The molecule has 1 heterocycles. The van der Waals surface area contributed by atoms with E-state index in [0.717, 1.165) is 25.4 Å². The molecule has 0 aromatic heterocycles. The number of hydrogen-bond donors (Lipinski definition) is 0. The Bertz CT molecular complexity index is 271. The fraction of sp³-hybridized carbons (Fsp3) is 0.923. The van der Waals surface area contributed by atoms with Crippen molar-refractivity contribution in [2.75, 3.05) is 13.2 Å². The number of piperidine rings is 1. The summed E-state index contributed by atoms with van der Waals surface area (Å²) in [6.45, 7) is 12.6. The van der Waals surface area contributed by atoms with E-state index in [2.05, 4.69) is 33.5 Å². The summed E-state index contributed by atoms with van der Waals surface area (Å²) < 4.78 is 5.41. The molecule has 0 saturated carbocycles. The fourth-order valence-electron chi connectivity index (χ4n) is 2.13. The number of likely N-dealkylation sites (tertiary alicyclic amines) is 1. The molecule has 1 fully saturated rings. The second-order valence-electron chi connectivity index (χ2n) is 6.85. The summed E-state index contributed by atoms with van der Waals surface area (Å²) in [7, 11) is -1.10. The Balaban J connectivity index is 2.41. The maximum atomic E-state index is 12.0. The second kappa shape index (κ2) is 5.42. The Labute approximate surface area is 107 Å². The Kier molecular flexibility index (Phi) is 4.64. The van der Waals surface area contributed by atoms with E-state index in [1.165, 1.54) is 6.42 Å². The van der Waals surface area contributed by atoms with E-state index in [-0.39, 0.29) is 11.6 Å². The number of rotatable bonds is 3. The monoisotopic (exact) mass is 257 g/mol. The molecule has 4 heteroatoms. The maximum absolute atomic E-state index is 12.0. The van der Waals surface area contributed by atoms with Gasteiger partial charge in [-0.05, 0) is 39.2 Å². The SMILES string of the molecule is CC1(C)CCCCN1C(=O)OCC[Si](C)(C)C. The minimum atomic E-state index is -1.10. The molecule has 0 aliphatic carbocycles. The summed E-state index contributed by atoms with van der Waals surface area (Å²) >= 11 is 0. The Hall–Kier alpha value is -0.513. The van der Waals surface area contributed by atoms with Gasteiger partial charge in [0.2, 0.25) is 0 Å². The van der Waals surface area contributed by atoms with Crippen molar-refractivity contribution >= 4 is 14.2 Å². The zero-order chi connectivity index (χ0) is 13.1. The van der Waals surface area contributed by atoms with Crippen molar-refractivity contribution in [1.29, 1.82) is 0 Å². The quantitative estimate of drug-likeness (QED) is 0.721. The summed E-state index contributed by atoms with van der Waals surface area (Å²) in [6.07, 6.45) is 3.28. The number of carbonyl (C=O) groups excluding carboxylic acids is 1. The second-order valence-corrected chi connectivity index (χ2v) is 12.5. The van der Waals surface area contributed by atoms with E-state index >= 15 is 0 Å². The van der Waals surface area contributed by atoms with E-state index in [1.54, 1.807) is 0 Å². The van der Waals surface area contributed by atoms with Crippen molar-refractivity contribution in [2.24, 2.45) is 0 Å². The zero-order valence-corrected chi connectivity index (χ0v) is 13.0. The third-order valence-corrected chi connectivity index (χ3v) is 5.15. The first-order valence-corrected chi connectivity index (χ1v) is 10.4. The van der Waals surface area contributed by atoms with Crippen LogP contribution < -0.4 is 0 Å². The Morgan fingerprint density at radius 1 is 1.29 bits per heavy atom. The smallest absolute Gasteiger partial charge is 0.410 e. The van der Waals surface area contributed by atoms with Crippen LogP contribution >= 0.6 is 0 Å². The predicted octanol–water partition coefficient (Wildman–Crippen LogP) is 3.73. The molecule has 1 aliphatic rings. The zero-order valence-electron chi connectivity index (χ0n) is 12.0. The van der Waals surface area contributed by atoms with Crippen LogP contribution in [0.25, 0.3) is 0 Å². The molecule has 17 heavy (non-hydrogen) atoms. The number of nitrogens with zero attached hydrogens (tertiary/aromatic N) is 1. The summed E-state index contributed by atoms with van der Waals surface area (Å²) in [5, 5.41) is 0.